The first kappa shape index (κ1) is 8.35. The lowest BCUT2D eigenvalue weighted by Gasteiger charge is -1.84. The molecule has 0 saturated heterocycles. The molecule has 0 spiro atoms. The molecule has 0 bridgehead atoms. The van der Waals surface area contributed by atoms with Gasteiger partial charge in [-0.3, -0.25) is 0 Å². The van der Waals surface area contributed by atoms with E-state index in [0.29, 0.717) is 4.34 Å². The van der Waals surface area contributed by atoms with Gasteiger partial charge < -0.3 is 10.8 Å². The minimum absolute atomic E-state index is 0.104. The fourth-order valence-corrected chi connectivity index (χ4v) is 1.88. The molecule has 60 valence electrons. The van der Waals surface area contributed by atoms with Crippen LogP contribution in [0.3, 0.4) is 0 Å². The van der Waals surface area contributed by atoms with Crippen LogP contribution in [0.1, 0.15) is 9.67 Å². The fraction of sp³-hybridized carbons (Fsp3) is 0.200. The summed E-state index contributed by atoms with van der Waals surface area (Å²) in [5.74, 6) is -0.910. The van der Waals surface area contributed by atoms with E-state index < -0.39 is 5.97 Å². The lowest BCUT2D eigenvalue weighted by atomic mass is 10.5. The molecule has 1 aromatic rings. The molecule has 0 radical (unpaired) electrons. The van der Waals surface area contributed by atoms with Crippen molar-refractivity contribution in [1.82, 2.24) is 4.98 Å². The Bertz CT molecular complexity index is 284. The second-order valence-corrected chi connectivity index (χ2v) is 3.76. The molecule has 4 nitrogen and oxygen atoms in total. The molecule has 0 fully saturated rings. The number of anilines is 1. The maximum Gasteiger partial charge on any atom is 0.349 e. The van der Waals surface area contributed by atoms with Gasteiger partial charge in [-0.1, -0.05) is 23.1 Å². The van der Waals surface area contributed by atoms with Crippen molar-refractivity contribution in [3.63, 3.8) is 0 Å². The van der Waals surface area contributed by atoms with Crippen LogP contribution in [0.5, 0.6) is 0 Å². The maximum absolute atomic E-state index is 10.4. The van der Waals surface area contributed by atoms with Crippen molar-refractivity contribution in [3.8, 4) is 0 Å². The molecular weight excluding hydrogens is 184 g/mol. The van der Waals surface area contributed by atoms with Gasteiger partial charge in [0.25, 0.3) is 0 Å². The van der Waals surface area contributed by atoms with Crippen LogP contribution in [-0.2, 0) is 0 Å². The maximum atomic E-state index is 10.4. The van der Waals surface area contributed by atoms with Crippen molar-refractivity contribution >= 4 is 34.9 Å². The molecule has 11 heavy (non-hydrogen) atoms. The van der Waals surface area contributed by atoms with Crippen LogP contribution in [-0.4, -0.2) is 22.3 Å². The van der Waals surface area contributed by atoms with Crippen LogP contribution < -0.4 is 5.73 Å². The summed E-state index contributed by atoms with van der Waals surface area (Å²) in [7, 11) is 0. The average Bonchev–Trinajstić information content (AvgIpc) is 2.30. The molecule has 0 aliphatic heterocycles. The monoisotopic (exact) mass is 190 g/mol. The van der Waals surface area contributed by atoms with E-state index in [1.54, 1.807) is 0 Å². The van der Waals surface area contributed by atoms with Crippen molar-refractivity contribution < 1.29 is 9.90 Å². The van der Waals surface area contributed by atoms with Crippen LogP contribution in [0.4, 0.5) is 5.82 Å². The van der Waals surface area contributed by atoms with Crippen LogP contribution in [0.2, 0.25) is 0 Å². The number of carboxylic acids is 1. The number of nitrogens with two attached hydrogens (primary N) is 1. The van der Waals surface area contributed by atoms with Crippen molar-refractivity contribution in [1.29, 1.82) is 0 Å². The molecule has 0 saturated carbocycles. The topological polar surface area (TPSA) is 76.2 Å². The first-order valence-electron chi connectivity index (χ1n) is 2.68. The summed E-state index contributed by atoms with van der Waals surface area (Å²) >= 11 is 2.48. The number of carbonyl (C=O) groups is 1. The van der Waals surface area contributed by atoms with E-state index in [4.69, 9.17) is 10.8 Å². The predicted octanol–water partition coefficient (Wildman–Crippen LogP) is 1.15. The highest BCUT2D eigenvalue weighted by molar-refractivity contribution is 8.00. The summed E-state index contributed by atoms with van der Waals surface area (Å²) in [5.41, 5.74) is 5.32. The van der Waals surface area contributed by atoms with Crippen molar-refractivity contribution in [2.24, 2.45) is 0 Å². The van der Waals surface area contributed by atoms with Gasteiger partial charge >= 0.3 is 5.97 Å². The van der Waals surface area contributed by atoms with E-state index in [1.165, 1.54) is 11.8 Å². The average molecular weight is 190 g/mol. The Morgan fingerprint density at radius 1 is 1.82 bits per heavy atom. The second kappa shape index (κ2) is 3.10. The molecule has 0 unspecified atom stereocenters. The number of thioether (sulfide) groups is 1. The van der Waals surface area contributed by atoms with Gasteiger partial charge in [-0.2, -0.15) is 0 Å². The number of nitrogens with zero attached hydrogens (tertiary/aromatic N) is 1. The normalized spacial score (nSPS) is 9.91. The Morgan fingerprint density at radius 2 is 2.45 bits per heavy atom. The summed E-state index contributed by atoms with van der Waals surface area (Å²) in [5, 5.41) is 8.56. The molecule has 0 aromatic carbocycles. The van der Waals surface area contributed by atoms with E-state index in [0.717, 1.165) is 11.3 Å². The standard InChI is InChI=1S/C5H6N2O2S2/c1-10-5-7-3(6)2(11-5)4(8)9/h6H2,1H3,(H,8,9). The Kier molecular flexibility index (Phi) is 2.35. The van der Waals surface area contributed by atoms with Crippen LogP contribution in [0.25, 0.3) is 0 Å². The highest BCUT2D eigenvalue weighted by Crippen LogP contribution is 2.26. The first-order valence-corrected chi connectivity index (χ1v) is 4.73. The highest BCUT2D eigenvalue weighted by Gasteiger charge is 2.13. The SMILES string of the molecule is CSc1nc(N)c(C(=O)O)s1. The molecule has 0 amide bonds. The van der Waals surface area contributed by atoms with Crippen molar-refractivity contribution in [2.45, 2.75) is 4.34 Å². The van der Waals surface area contributed by atoms with Crippen LogP contribution in [0.15, 0.2) is 4.34 Å². The molecule has 0 aliphatic carbocycles. The molecule has 6 heteroatoms. The summed E-state index contributed by atoms with van der Waals surface area (Å²) in [6.45, 7) is 0. The van der Waals surface area contributed by atoms with E-state index in [2.05, 4.69) is 4.98 Å². The Morgan fingerprint density at radius 3 is 2.73 bits per heavy atom. The third kappa shape index (κ3) is 1.63. The summed E-state index contributed by atoms with van der Waals surface area (Å²) in [6.07, 6.45) is 1.82. The fourth-order valence-electron chi connectivity index (χ4n) is 0.552. The minimum atomic E-state index is -1.01. The quantitative estimate of drug-likeness (QED) is 0.684. The Hall–Kier alpha value is -0.750. The minimum Gasteiger partial charge on any atom is -0.477 e. The largest absolute Gasteiger partial charge is 0.477 e. The third-order valence-electron chi connectivity index (χ3n) is 1.00. The molecule has 3 N–H and O–H groups in total. The van der Waals surface area contributed by atoms with Crippen molar-refractivity contribution in [3.05, 3.63) is 4.88 Å². The lowest BCUT2D eigenvalue weighted by molar-refractivity contribution is 0.0703. The number of nitrogen functional groups attached to an aromatic ring is 1. The Labute approximate surface area is 71.4 Å². The van der Waals surface area contributed by atoms with Gasteiger partial charge in [0.1, 0.15) is 0 Å². The second-order valence-electron chi connectivity index (χ2n) is 1.70. The zero-order valence-corrected chi connectivity index (χ0v) is 7.33. The van der Waals surface area contributed by atoms with Crippen LogP contribution >= 0.6 is 23.1 Å². The van der Waals surface area contributed by atoms with E-state index in [9.17, 15) is 4.79 Å². The molecule has 1 aromatic heterocycles. The number of rotatable bonds is 2. The van der Waals surface area contributed by atoms with Gasteiger partial charge in [0.2, 0.25) is 0 Å². The Balaban J connectivity index is 3.07. The van der Waals surface area contributed by atoms with E-state index in [1.807, 2.05) is 6.26 Å². The third-order valence-corrected chi connectivity index (χ3v) is 3.05. The van der Waals surface area contributed by atoms with Gasteiger partial charge in [-0.15, -0.1) is 0 Å². The number of hydrogen-bond donors (Lipinski definition) is 2. The molecule has 1 rings (SSSR count). The number of hydrogen-bond acceptors (Lipinski definition) is 5. The molecule has 1 heterocycles. The number of carboxylic acid groups (broad SMARTS) is 1. The molecule has 0 atom stereocenters. The van der Waals surface area contributed by atoms with Crippen LogP contribution in [0, 0.1) is 0 Å². The number of thiazole rings is 1. The molecule has 0 aliphatic rings. The van der Waals surface area contributed by atoms with Crippen molar-refractivity contribution in [2.75, 3.05) is 12.0 Å². The van der Waals surface area contributed by atoms with Gasteiger partial charge in [-0.05, 0) is 6.26 Å². The van der Waals surface area contributed by atoms with Gasteiger partial charge in [0.15, 0.2) is 15.0 Å². The lowest BCUT2D eigenvalue weighted by Crippen LogP contribution is -1.97. The zero-order chi connectivity index (χ0) is 8.43. The van der Waals surface area contributed by atoms with Gasteiger partial charge in [0.05, 0.1) is 0 Å². The number of aromatic carboxylic acids is 1. The van der Waals surface area contributed by atoms with Gasteiger partial charge in [-0.25, -0.2) is 9.78 Å². The first-order chi connectivity index (χ1) is 5.15. The van der Waals surface area contributed by atoms with E-state index >= 15 is 0 Å². The molecular formula is C5H6N2O2S2. The zero-order valence-electron chi connectivity index (χ0n) is 5.70. The summed E-state index contributed by atoms with van der Waals surface area (Å²) in [4.78, 5) is 14.4. The predicted molar refractivity (Wildman–Crippen MR) is 45.3 cm³/mol. The summed E-state index contributed by atoms with van der Waals surface area (Å²) in [6, 6.07) is 0. The highest BCUT2D eigenvalue weighted by atomic mass is 32.2. The van der Waals surface area contributed by atoms with E-state index in [-0.39, 0.29) is 10.7 Å². The smallest absolute Gasteiger partial charge is 0.349 e. The van der Waals surface area contributed by atoms with Gasteiger partial charge in [0, 0.05) is 0 Å². The summed E-state index contributed by atoms with van der Waals surface area (Å²) < 4.78 is 0.680. The number of aromatic nitrogens is 1.